The number of amides is 2. The average molecular weight is 295 g/mol. The van der Waals surface area contributed by atoms with Gasteiger partial charge in [-0.05, 0) is 12.8 Å². The van der Waals surface area contributed by atoms with Crippen molar-refractivity contribution < 1.29 is 19.1 Å². The lowest BCUT2D eigenvalue weighted by atomic mass is 9.81. The number of nitrogens with zero attached hydrogens (tertiary/aromatic N) is 2. The minimum atomic E-state index is -0.952. The summed E-state index contributed by atoms with van der Waals surface area (Å²) in [6.07, 6.45) is 4.51. The summed E-state index contributed by atoms with van der Waals surface area (Å²) in [6, 6.07) is 0. The molecule has 2 aliphatic rings. The van der Waals surface area contributed by atoms with Gasteiger partial charge in [-0.15, -0.1) is 0 Å². The van der Waals surface area contributed by atoms with Gasteiger partial charge in [0.1, 0.15) is 11.3 Å². The van der Waals surface area contributed by atoms with E-state index in [-0.39, 0.29) is 23.9 Å². The molecule has 1 saturated carbocycles. The maximum Gasteiger partial charge on any atom is 0.331 e. The number of rotatable bonds is 3. The minimum absolute atomic E-state index is 0.119. The van der Waals surface area contributed by atoms with Gasteiger partial charge >= 0.3 is 5.97 Å². The first-order valence-corrected chi connectivity index (χ1v) is 7.23. The van der Waals surface area contributed by atoms with E-state index < -0.39 is 11.5 Å². The lowest BCUT2D eigenvalue weighted by Gasteiger charge is -2.35. The summed E-state index contributed by atoms with van der Waals surface area (Å²) in [7, 11) is 2.85. The average Bonchev–Trinajstić information content (AvgIpc) is 2.50. The van der Waals surface area contributed by atoms with Crippen molar-refractivity contribution in [2.75, 3.05) is 14.2 Å². The maximum absolute atomic E-state index is 12.4. The van der Waals surface area contributed by atoms with Gasteiger partial charge in [0.25, 0.3) is 5.91 Å². The summed E-state index contributed by atoms with van der Waals surface area (Å²) in [4.78, 5) is 35.8. The Morgan fingerprint density at radius 1 is 1.24 bits per heavy atom. The summed E-state index contributed by atoms with van der Waals surface area (Å²) >= 11 is 0. The second kappa shape index (κ2) is 6.24. The fourth-order valence-electron chi connectivity index (χ4n) is 2.85. The third kappa shape index (κ3) is 3.22. The molecule has 0 saturated heterocycles. The van der Waals surface area contributed by atoms with Crippen molar-refractivity contribution in [1.82, 2.24) is 10.3 Å². The van der Waals surface area contributed by atoms with E-state index in [1.807, 2.05) is 0 Å². The number of ether oxygens (including phenoxy) is 1. The highest BCUT2D eigenvalue weighted by Gasteiger charge is 2.42. The van der Waals surface area contributed by atoms with Gasteiger partial charge in [0.2, 0.25) is 5.91 Å². The molecule has 1 fully saturated rings. The predicted octanol–water partition coefficient (Wildman–Crippen LogP) is 0.587. The van der Waals surface area contributed by atoms with Crippen molar-refractivity contribution in [2.24, 2.45) is 5.10 Å². The molecule has 1 N–H and O–H groups in total. The molecule has 0 aromatic rings. The molecular weight excluding hydrogens is 274 g/mol. The number of hydrogen-bond acceptors (Lipinski definition) is 5. The van der Waals surface area contributed by atoms with Crippen LogP contribution in [0.5, 0.6) is 0 Å². The smallest absolute Gasteiger partial charge is 0.331 e. The van der Waals surface area contributed by atoms with E-state index in [1.54, 1.807) is 0 Å². The second-order valence-electron chi connectivity index (χ2n) is 5.55. The number of methoxy groups -OCH3 is 1. The van der Waals surface area contributed by atoms with Gasteiger partial charge in [-0.3, -0.25) is 9.59 Å². The molecule has 0 spiro atoms. The Morgan fingerprint density at radius 2 is 1.90 bits per heavy atom. The lowest BCUT2D eigenvalue weighted by molar-refractivity contribution is -0.152. The first kappa shape index (κ1) is 15.5. The molecule has 0 unspecified atom stereocenters. The predicted molar refractivity (Wildman–Crippen MR) is 75.4 cm³/mol. The van der Waals surface area contributed by atoms with Gasteiger partial charge in [0, 0.05) is 19.9 Å². The summed E-state index contributed by atoms with van der Waals surface area (Å²) in [6.45, 7) is 0. The lowest BCUT2D eigenvalue weighted by Crippen LogP contribution is -2.58. The Kier molecular flexibility index (Phi) is 4.59. The van der Waals surface area contributed by atoms with Crippen molar-refractivity contribution in [3.8, 4) is 0 Å². The summed E-state index contributed by atoms with van der Waals surface area (Å²) in [5, 5.41) is 7.96. The van der Waals surface area contributed by atoms with Crippen molar-refractivity contribution >= 4 is 23.5 Å². The Labute approximate surface area is 123 Å². The van der Waals surface area contributed by atoms with E-state index in [9.17, 15) is 14.4 Å². The molecular formula is C14H21N3O4. The van der Waals surface area contributed by atoms with Gasteiger partial charge in [0.15, 0.2) is 0 Å². The third-order valence-electron chi connectivity index (χ3n) is 4.11. The second-order valence-corrected chi connectivity index (χ2v) is 5.55. The number of carbonyl (C=O) groups is 3. The molecule has 1 heterocycles. The molecule has 0 aromatic heterocycles. The van der Waals surface area contributed by atoms with E-state index >= 15 is 0 Å². The monoisotopic (exact) mass is 295 g/mol. The highest BCUT2D eigenvalue weighted by atomic mass is 16.5. The summed E-state index contributed by atoms with van der Waals surface area (Å²) in [5.74, 6) is -0.912. The van der Waals surface area contributed by atoms with Crippen LogP contribution >= 0.6 is 0 Å². The molecule has 1 aliphatic heterocycles. The van der Waals surface area contributed by atoms with E-state index in [4.69, 9.17) is 4.74 Å². The van der Waals surface area contributed by atoms with Crippen LogP contribution in [0.1, 0.15) is 44.9 Å². The Bertz CT molecular complexity index is 481. The van der Waals surface area contributed by atoms with Crippen LogP contribution in [0.25, 0.3) is 0 Å². The molecule has 0 bridgehead atoms. The molecule has 2 amide bonds. The quantitative estimate of drug-likeness (QED) is 0.772. The standard InChI is InChI=1S/C14H21N3O4/c1-17-11(18)7-6-10(16-17)12(19)15-14(13(20)21-2)8-4-3-5-9-14/h3-9H2,1-2H3,(H,15,19). The van der Waals surface area contributed by atoms with Crippen LogP contribution < -0.4 is 5.32 Å². The molecule has 0 radical (unpaired) electrons. The molecule has 0 atom stereocenters. The Balaban J connectivity index is 2.13. The van der Waals surface area contributed by atoms with E-state index in [2.05, 4.69) is 10.4 Å². The SMILES string of the molecule is COC(=O)C1(NC(=O)C2=NN(C)C(=O)CC2)CCCCC1. The molecule has 0 aromatic carbocycles. The van der Waals surface area contributed by atoms with Crippen LogP contribution in [0.2, 0.25) is 0 Å². The van der Waals surface area contributed by atoms with Gasteiger partial charge in [0.05, 0.1) is 7.11 Å². The first-order valence-electron chi connectivity index (χ1n) is 7.23. The van der Waals surface area contributed by atoms with Crippen molar-refractivity contribution in [3.63, 3.8) is 0 Å². The molecule has 7 nitrogen and oxygen atoms in total. The zero-order valence-electron chi connectivity index (χ0n) is 12.5. The first-order chi connectivity index (χ1) is 9.98. The van der Waals surface area contributed by atoms with Gasteiger partial charge in [-0.1, -0.05) is 19.3 Å². The largest absolute Gasteiger partial charge is 0.467 e. The molecule has 2 rings (SSSR count). The fraction of sp³-hybridized carbons (Fsp3) is 0.714. The number of hydrogen-bond donors (Lipinski definition) is 1. The zero-order chi connectivity index (χ0) is 15.5. The number of esters is 1. The van der Waals surface area contributed by atoms with E-state index in [0.717, 1.165) is 19.3 Å². The van der Waals surface area contributed by atoms with E-state index in [1.165, 1.54) is 19.2 Å². The fourth-order valence-corrected chi connectivity index (χ4v) is 2.85. The number of nitrogens with one attached hydrogen (secondary N) is 1. The molecule has 116 valence electrons. The number of carbonyl (C=O) groups excluding carboxylic acids is 3. The Morgan fingerprint density at radius 3 is 2.48 bits per heavy atom. The van der Waals surface area contributed by atoms with Crippen LogP contribution in [0.15, 0.2) is 5.10 Å². The van der Waals surface area contributed by atoms with Gasteiger partial charge < -0.3 is 10.1 Å². The van der Waals surface area contributed by atoms with Gasteiger partial charge in [-0.25, -0.2) is 9.80 Å². The van der Waals surface area contributed by atoms with Crippen LogP contribution in [0.3, 0.4) is 0 Å². The van der Waals surface area contributed by atoms with Crippen LogP contribution in [-0.2, 0) is 19.1 Å². The molecule has 1 aliphatic carbocycles. The highest BCUT2D eigenvalue weighted by molar-refractivity contribution is 6.40. The normalized spacial score (nSPS) is 21.5. The summed E-state index contributed by atoms with van der Waals surface area (Å²) in [5.41, 5.74) is -0.668. The van der Waals surface area contributed by atoms with Crippen LogP contribution in [0, 0.1) is 0 Å². The van der Waals surface area contributed by atoms with E-state index in [0.29, 0.717) is 19.3 Å². The van der Waals surface area contributed by atoms with Crippen molar-refractivity contribution in [2.45, 2.75) is 50.5 Å². The third-order valence-corrected chi connectivity index (χ3v) is 4.11. The Hall–Kier alpha value is -1.92. The van der Waals surface area contributed by atoms with Crippen LogP contribution in [0.4, 0.5) is 0 Å². The van der Waals surface area contributed by atoms with Crippen molar-refractivity contribution in [1.29, 1.82) is 0 Å². The van der Waals surface area contributed by atoms with Crippen molar-refractivity contribution in [3.05, 3.63) is 0 Å². The highest BCUT2D eigenvalue weighted by Crippen LogP contribution is 2.29. The molecule has 7 heteroatoms. The number of hydrazone groups is 1. The zero-order valence-corrected chi connectivity index (χ0v) is 12.5. The maximum atomic E-state index is 12.4. The van der Waals surface area contributed by atoms with Gasteiger partial charge in [-0.2, -0.15) is 5.10 Å². The minimum Gasteiger partial charge on any atom is -0.467 e. The molecule has 21 heavy (non-hydrogen) atoms. The van der Waals surface area contributed by atoms with Crippen LogP contribution in [-0.4, -0.2) is 48.2 Å². The summed E-state index contributed by atoms with van der Waals surface area (Å²) < 4.78 is 4.86. The topological polar surface area (TPSA) is 88.1 Å².